The topological polar surface area (TPSA) is 0 Å². The van der Waals surface area contributed by atoms with Gasteiger partial charge >= 0.3 is 0 Å². The summed E-state index contributed by atoms with van der Waals surface area (Å²) >= 11 is 7.19. The molecule has 0 aromatic heterocycles. The van der Waals surface area contributed by atoms with Crippen LogP contribution in [0.5, 0.6) is 0 Å². The number of rotatable bonds is 0. The van der Waals surface area contributed by atoms with E-state index in [0.717, 1.165) is 9.65 Å². The van der Waals surface area contributed by atoms with E-state index in [0.29, 0.717) is 0 Å². The molecule has 0 heterocycles. The fourth-order valence-electron chi connectivity index (χ4n) is 1.01. The summed E-state index contributed by atoms with van der Waals surface area (Å²) in [5.74, 6) is 0. The van der Waals surface area contributed by atoms with Crippen molar-refractivity contribution in [1.29, 1.82) is 0 Å². The van der Waals surface area contributed by atoms with Gasteiger partial charge in [0, 0.05) is 47.4 Å². The van der Waals surface area contributed by atoms with Gasteiger partial charge in [-0.05, 0) is 25.7 Å². The van der Waals surface area contributed by atoms with Gasteiger partial charge in [-0.15, -0.1) is 0 Å². The van der Waals surface area contributed by atoms with Gasteiger partial charge in [-0.1, -0.05) is 31.9 Å². The molecule has 1 saturated carbocycles. The zero-order chi connectivity index (χ0) is 5.98. The number of hydrogen-bond acceptors (Lipinski definition) is 0. The van der Waals surface area contributed by atoms with E-state index in [-0.39, 0.29) is 37.7 Å². The van der Waals surface area contributed by atoms with E-state index in [2.05, 4.69) is 31.9 Å². The van der Waals surface area contributed by atoms with Gasteiger partial charge in [-0.3, -0.25) is 0 Å². The quantitative estimate of drug-likeness (QED) is 0.599. The van der Waals surface area contributed by atoms with Crippen LogP contribution in [-0.4, -0.2) is 9.65 Å². The molecule has 9 heavy (non-hydrogen) atoms. The van der Waals surface area contributed by atoms with Crippen molar-refractivity contribution in [1.82, 2.24) is 0 Å². The molecule has 0 spiro atoms. The van der Waals surface area contributed by atoms with E-state index >= 15 is 0 Å². The van der Waals surface area contributed by atoms with E-state index in [1.807, 2.05) is 0 Å². The summed E-state index contributed by atoms with van der Waals surface area (Å²) < 4.78 is 0. The number of hydrogen-bond donors (Lipinski definition) is 0. The van der Waals surface area contributed by atoms with Gasteiger partial charge in [0.1, 0.15) is 0 Å². The molecular formula is C6H10ArBr2. The Morgan fingerprint density at radius 2 is 1.00 bits per heavy atom. The molecule has 3 heteroatoms. The van der Waals surface area contributed by atoms with Crippen LogP contribution in [0.4, 0.5) is 0 Å². The van der Waals surface area contributed by atoms with Crippen LogP contribution in [0.1, 0.15) is 25.7 Å². The van der Waals surface area contributed by atoms with Crippen molar-refractivity contribution >= 4 is 31.9 Å². The second kappa shape index (κ2) is 5.82. The summed E-state index contributed by atoms with van der Waals surface area (Å²) in [4.78, 5) is 1.60. The second-order valence-electron chi connectivity index (χ2n) is 2.35. The Kier molecular flexibility index (Phi) is 7.25. The van der Waals surface area contributed by atoms with Crippen LogP contribution < -0.4 is 0 Å². The van der Waals surface area contributed by atoms with Gasteiger partial charge in [-0.25, -0.2) is 0 Å². The van der Waals surface area contributed by atoms with Crippen LogP contribution in [-0.2, 0) is 0 Å². The SMILES string of the molecule is BrC1CCC(Br)CC1.[Ar]. The molecule has 0 nitrogen and oxygen atoms in total. The smallest absolute Gasteiger partial charge is 0.0146 e. The third-order valence-electron chi connectivity index (χ3n) is 1.59. The molecule has 0 N–H and O–H groups in total. The third-order valence-corrected chi connectivity index (χ3v) is 3.42. The first-order valence-electron chi connectivity index (χ1n) is 3.07. The Bertz CT molecular complexity index is 59.5. The van der Waals surface area contributed by atoms with Crippen LogP contribution >= 0.6 is 31.9 Å². The standard InChI is InChI=1S/C6H10Br2.Ar/c7-5-1-2-6(8)4-3-5;/h5-6H,1-4H2;. The summed E-state index contributed by atoms with van der Waals surface area (Å²) in [5.41, 5.74) is 0. The Morgan fingerprint density at radius 1 is 0.778 bits per heavy atom. The van der Waals surface area contributed by atoms with Crippen LogP contribution in [0.15, 0.2) is 0 Å². The molecule has 0 saturated heterocycles. The Morgan fingerprint density at radius 3 is 1.22 bits per heavy atom. The summed E-state index contributed by atoms with van der Waals surface area (Å²) in [6, 6.07) is 0. The maximum Gasteiger partial charge on any atom is 0.0146 e. The first-order chi connectivity index (χ1) is 3.79. The summed E-state index contributed by atoms with van der Waals surface area (Å²) in [7, 11) is 0. The number of halogens is 2. The fourth-order valence-corrected chi connectivity index (χ4v) is 2.07. The summed E-state index contributed by atoms with van der Waals surface area (Å²) in [5, 5.41) is 0. The first kappa shape index (κ1) is 11.2. The molecule has 1 aliphatic rings. The molecule has 0 atom stereocenters. The van der Waals surface area contributed by atoms with Crippen molar-refractivity contribution in [3.63, 3.8) is 0 Å². The van der Waals surface area contributed by atoms with E-state index in [1.165, 1.54) is 25.7 Å². The van der Waals surface area contributed by atoms with Gasteiger partial charge in [0.2, 0.25) is 0 Å². The Labute approximate surface area is 103 Å². The molecule has 1 aliphatic carbocycles. The average molecular weight is 282 g/mol. The molecule has 0 unspecified atom stereocenters. The third kappa shape index (κ3) is 4.62. The zero-order valence-electron chi connectivity index (χ0n) is 5.09. The predicted molar refractivity (Wildman–Crippen MR) is 43.9 cm³/mol. The van der Waals surface area contributed by atoms with Gasteiger partial charge in [0.25, 0.3) is 0 Å². The van der Waals surface area contributed by atoms with E-state index in [1.54, 1.807) is 0 Å². The molecule has 0 aromatic carbocycles. The van der Waals surface area contributed by atoms with E-state index in [9.17, 15) is 0 Å². The normalized spacial score (nSPS) is 35.3. The molecular weight excluding hydrogens is 272 g/mol. The van der Waals surface area contributed by atoms with Gasteiger partial charge in [0.05, 0.1) is 0 Å². The van der Waals surface area contributed by atoms with Crippen LogP contribution in [0, 0.1) is 37.7 Å². The van der Waals surface area contributed by atoms with Crippen molar-refractivity contribution in [2.24, 2.45) is 0 Å². The molecule has 0 aromatic rings. The monoisotopic (exact) mass is 280 g/mol. The van der Waals surface area contributed by atoms with Crippen molar-refractivity contribution in [2.75, 3.05) is 0 Å². The van der Waals surface area contributed by atoms with Gasteiger partial charge < -0.3 is 0 Å². The minimum Gasteiger partial charge on any atom is -0.0891 e. The van der Waals surface area contributed by atoms with Gasteiger partial charge in [0.15, 0.2) is 0 Å². The Balaban J connectivity index is 0.000000640. The molecule has 0 bridgehead atoms. The van der Waals surface area contributed by atoms with Crippen molar-refractivity contribution in [3.8, 4) is 0 Å². The number of alkyl halides is 2. The predicted octanol–water partition coefficient (Wildman–Crippen LogP) is 3.09. The van der Waals surface area contributed by atoms with Crippen molar-refractivity contribution in [2.45, 2.75) is 35.3 Å². The van der Waals surface area contributed by atoms with Crippen molar-refractivity contribution < 1.29 is 37.7 Å². The minimum absolute atomic E-state index is 0. The molecule has 1 fully saturated rings. The van der Waals surface area contributed by atoms with Gasteiger partial charge in [-0.2, -0.15) is 0 Å². The van der Waals surface area contributed by atoms with E-state index < -0.39 is 0 Å². The van der Waals surface area contributed by atoms with E-state index in [4.69, 9.17) is 0 Å². The minimum atomic E-state index is 0. The molecule has 0 amide bonds. The molecule has 0 radical (unpaired) electrons. The Hall–Kier alpha value is 2.22. The zero-order valence-corrected chi connectivity index (χ0v) is 8.97. The summed E-state index contributed by atoms with van der Waals surface area (Å²) in [6.45, 7) is 0. The largest absolute Gasteiger partial charge is 0.0891 e. The molecule has 0 aliphatic heterocycles. The first-order valence-corrected chi connectivity index (χ1v) is 4.90. The maximum atomic E-state index is 3.59. The van der Waals surface area contributed by atoms with Crippen LogP contribution in [0.25, 0.3) is 0 Å². The van der Waals surface area contributed by atoms with Crippen LogP contribution in [0.3, 0.4) is 0 Å². The fraction of sp³-hybridized carbons (Fsp3) is 1.00. The van der Waals surface area contributed by atoms with Crippen LogP contribution in [0.2, 0.25) is 0 Å². The molecule has 56 valence electrons. The maximum absolute atomic E-state index is 3.59. The van der Waals surface area contributed by atoms with Crippen molar-refractivity contribution in [3.05, 3.63) is 0 Å². The summed E-state index contributed by atoms with van der Waals surface area (Å²) in [6.07, 6.45) is 5.37. The second-order valence-corrected chi connectivity index (χ2v) is 4.94. The average Bonchev–Trinajstić information content (AvgIpc) is 1.77. The molecule has 1 rings (SSSR count).